The molecule has 0 aromatic rings. The van der Waals surface area contributed by atoms with Gasteiger partial charge in [-0.1, -0.05) is 218 Å². The first kappa shape index (κ1) is 63.1. The van der Waals surface area contributed by atoms with Crippen molar-refractivity contribution in [2.45, 2.75) is 275 Å². The number of aliphatic hydroxyl groups excluding tert-OH is 5. The van der Waals surface area contributed by atoms with Gasteiger partial charge in [0, 0.05) is 12.5 Å². The second-order valence-corrected chi connectivity index (χ2v) is 20.2. The van der Waals surface area contributed by atoms with E-state index in [0.29, 0.717) is 12.8 Å². The van der Waals surface area contributed by atoms with Gasteiger partial charge in [0.25, 0.3) is 0 Å². The summed E-state index contributed by atoms with van der Waals surface area (Å²) in [5.74, 6) is -1.38. The molecule has 67 heavy (non-hydrogen) atoms. The maximum atomic E-state index is 12.8. The highest BCUT2D eigenvalue weighted by molar-refractivity contribution is 7.47. The zero-order valence-electron chi connectivity index (χ0n) is 41.9. The molecule has 1 saturated carbocycles. The second-order valence-electron chi connectivity index (χ2n) is 18.8. The highest BCUT2D eigenvalue weighted by atomic mass is 31.2. The molecular weight excluding hydrogens is 876 g/mol. The summed E-state index contributed by atoms with van der Waals surface area (Å²) in [6, 6.07) is 0. The summed E-state index contributed by atoms with van der Waals surface area (Å²) in [6.45, 7) is 3.21. The monoisotopic (exact) mass is 973 g/mol. The first-order chi connectivity index (χ1) is 32.4. The number of esters is 2. The molecule has 8 atom stereocenters. The molecule has 0 saturated heterocycles. The Morgan fingerprint density at radius 2 is 0.866 bits per heavy atom. The Morgan fingerprint density at radius 3 is 1.30 bits per heavy atom. The van der Waals surface area contributed by atoms with Gasteiger partial charge in [0.05, 0.1) is 6.61 Å². The van der Waals surface area contributed by atoms with Crippen molar-refractivity contribution in [1.29, 1.82) is 0 Å². The van der Waals surface area contributed by atoms with E-state index in [0.717, 1.165) is 38.2 Å². The molecule has 0 radical (unpaired) electrons. The second kappa shape index (κ2) is 42.9. The molecule has 1 rings (SSSR count). The van der Waals surface area contributed by atoms with E-state index in [9.17, 15) is 44.6 Å². The van der Waals surface area contributed by atoms with Gasteiger partial charge < -0.3 is 39.9 Å². The van der Waals surface area contributed by atoms with Gasteiger partial charge in [-0.3, -0.25) is 13.8 Å². The minimum absolute atomic E-state index is 0.102. The fraction of sp³-hybridized carbons (Fsp3) is 0.849. The lowest BCUT2D eigenvalue weighted by Gasteiger charge is -2.41. The van der Waals surface area contributed by atoms with Gasteiger partial charge in [-0.05, 0) is 38.5 Å². The lowest BCUT2D eigenvalue weighted by atomic mass is 9.85. The molecule has 1 fully saturated rings. The highest BCUT2D eigenvalue weighted by Crippen LogP contribution is 2.47. The first-order valence-electron chi connectivity index (χ1n) is 26.8. The maximum Gasteiger partial charge on any atom is 0.472 e. The summed E-state index contributed by atoms with van der Waals surface area (Å²) < 4.78 is 33.4. The van der Waals surface area contributed by atoms with Crippen molar-refractivity contribution < 1.29 is 63.1 Å². The topological polar surface area (TPSA) is 210 Å². The van der Waals surface area contributed by atoms with E-state index >= 15 is 0 Å². The molecule has 6 N–H and O–H groups in total. The highest BCUT2D eigenvalue weighted by Gasteiger charge is 2.51. The van der Waals surface area contributed by atoms with E-state index in [2.05, 4.69) is 26.0 Å². The Morgan fingerprint density at radius 1 is 0.493 bits per heavy atom. The molecule has 1 aliphatic rings. The summed E-state index contributed by atoms with van der Waals surface area (Å²) in [6.07, 6.45) is 38.5. The largest absolute Gasteiger partial charge is 0.472 e. The number of hydrogen-bond acceptors (Lipinski definition) is 12. The van der Waals surface area contributed by atoms with Gasteiger partial charge in [-0.25, -0.2) is 9.36 Å². The Hall–Kier alpha value is -1.93. The van der Waals surface area contributed by atoms with Gasteiger partial charge in [0.15, 0.2) is 6.10 Å². The number of aliphatic hydroxyl groups is 5. The van der Waals surface area contributed by atoms with Gasteiger partial charge in [-0.15, -0.1) is 0 Å². The standard InChI is InChI=1S/C53H97O13P/c1-3-5-7-9-11-13-15-17-19-20-21-22-23-24-25-26-28-29-31-33-35-37-39-41-46(54)63-43-45(44-64-67(61,62)66-53-51(59)49(57)48(56)50(58)52(53)60)65-47(55)42-40-38-36-34-32-30-27-18-16-14-12-10-8-6-4-2/h33,35-36,38,40,42,45,48-53,56-60H,3-32,34,37,39,41,43-44H2,1-2H3,(H,61,62)/b35-33+,38-36+,42-40+/t45-,48?,49-,50?,51?,52?,53?/m0/s1. The van der Waals surface area contributed by atoms with Crippen LogP contribution in [0.4, 0.5) is 0 Å². The third kappa shape index (κ3) is 34.9. The van der Waals surface area contributed by atoms with Crippen LogP contribution in [0.1, 0.15) is 232 Å². The molecule has 1 aliphatic carbocycles. The fourth-order valence-electron chi connectivity index (χ4n) is 8.26. The van der Waals surface area contributed by atoms with Crippen LogP contribution in [-0.4, -0.2) is 98.3 Å². The van der Waals surface area contributed by atoms with Crippen molar-refractivity contribution in [1.82, 2.24) is 0 Å². The number of allylic oxidation sites excluding steroid dienone is 5. The van der Waals surface area contributed by atoms with Gasteiger partial charge in [0.2, 0.25) is 0 Å². The molecule has 0 aliphatic heterocycles. The van der Waals surface area contributed by atoms with Crippen molar-refractivity contribution >= 4 is 19.8 Å². The van der Waals surface area contributed by atoms with Crippen LogP contribution >= 0.6 is 7.82 Å². The van der Waals surface area contributed by atoms with Crippen molar-refractivity contribution in [2.75, 3.05) is 13.2 Å². The third-order valence-electron chi connectivity index (χ3n) is 12.6. The summed E-state index contributed by atoms with van der Waals surface area (Å²) in [7, 11) is -5.15. The summed E-state index contributed by atoms with van der Waals surface area (Å²) >= 11 is 0. The summed E-state index contributed by atoms with van der Waals surface area (Å²) in [5.41, 5.74) is 0. The van der Waals surface area contributed by atoms with Crippen LogP contribution in [0.25, 0.3) is 0 Å². The molecule has 392 valence electrons. The molecule has 0 aromatic carbocycles. The number of hydrogen-bond donors (Lipinski definition) is 6. The Kier molecular flexibility index (Phi) is 40.4. The smallest absolute Gasteiger partial charge is 0.462 e. The number of carbonyl (C=O) groups is 2. The molecule has 13 nitrogen and oxygen atoms in total. The predicted molar refractivity (Wildman–Crippen MR) is 267 cm³/mol. The Bertz CT molecular complexity index is 1310. The summed E-state index contributed by atoms with van der Waals surface area (Å²) in [5, 5.41) is 50.2. The number of carbonyl (C=O) groups excluding carboxylic acids is 2. The number of unbranched alkanes of at least 4 members (excludes halogenated alkanes) is 30. The van der Waals surface area contributed by atoms with Crippen LogP contribution in [0.15, 0.2) is 36.5 Å². The fourth-order valence-corrected chi connectivity index (χ4v) is 9.23. The van der Waals surface area contributed by atoms with Crippen molar-refractivity contribution in [3.05, 3.63) is 36.5 Å². The van der Waals surface area contributed by atoms with E-state index in [4.69, 9.17) is 18.5 Å². The van der Waals surface area contributed by atoms with Crippen LogP contribution in [0.3, 0.4) is 0 Å². The number of rotatable bonds is 45. The predicted octanol–water partition coefficient (Wildman–Crippen LogP) is 11.7. The van der Waals surface area contributed by atoms with Crippen LogP contribution in [0, 0.1) is 0 Å². The first-order valence-corrected chi connectivity index (χ1v) is 28.3. The SMILES string of the molecule is CCCCCCCCCCCCC/C=C/C=C/C(=O)O[C@@H](COC(=O)CCC/C=C/CCCCCCCCCCCCCCCCCCCC)COP(=O)(O)OC1C(O)C(O)C(O)[C@H](O)C1O. The van der Waals surface area contributed by atoms with Gasteiger partial charge >= 0.3 is 19.8 Å². The van der Waals surface area contributed by atoms with Crippen molar-refractivity contribution in [2.24, 2.45) is 0 Å². The Balaban J connectivity index is 2.39. The third-order valence-corrected chi connectivity index (χ3v) is 13.5. The average molecular weight is 973 g/mol. The van der Waals surface area contributed by atoms with Crippen molar-refractivity contribution in [3.8, 4) is 0 Å². The van der Waals surface area contributed by atoms with Gasteiger partial charge in [0.1, 0.15) is 43.2 Å². The maximum absolute atomic E-state index is 12.8. The zero-order chi connectivity index (χ0) is 49.2. The van der Waals surface area contributed by atoms with E-state index < -0.39 is 75.7 Å². The number of phosphoric ester groups is 1. The van der Waals surface area contributed by atoms with Crippen LogP contribution in [0.5, 0.6) is 0 Å². The molecular formula is C53H97O13P. The quantitative estimate of drug-likeness (QED) is 0.00839. The molecule has 0 spiro atoms. The van der Waals surface area contributed by atoms with Crippen molar-refractivity contribution in [3.63, 3.8) is 0 Å². The van der Waals surface area contributed by atoms with E-state index in [1.165, 1.54) is 173 Å². The zero-order valence-corrected chi connectivity index (χ0v) is 42.8. The molecule has 0 amide bonds. The molecule has 0 bridgehead atoms. The van der Waals surface area contributed by atoms with Crippen LogP contribution in [-0.2, 0) is 32.7 Å². The number of ether oxygens (including phenoxy) is 2. The lowest BCUT2D eigenvalue weighted by molar-refractivity contribution is -0.220. The van der Waals surface area contributed by atoms with Crippen LogP contribution in [0.2, 0.25) is 0 Å². The minimum Gasteiger partial charge on any atom is -0.462 e. The van der Waals surface area contributed by atoms with E-state index in [1.54, 1.807) is 6.08 Å². The van der Waals surface area contributed by atoms with E-state index in [-0.39, 0.29) is 6.42 Å². The normalized spacial score (nSPS) is 21.4. The minimum atomic E-state index is -5.15. The molecule has 6 unspecified atom stereocenters. The average Bonchev–Trinajstić information content (AvgIpc) is 3.31. The molecule has 14 heteroatoms. The van der Waals surface area contributed by atoms with Gasteiger partial charge in [-0.2, -0.15) is 0 Å². The van der Waals surface area contributed by atoms with E-state index in [1.807, 2.05) is 6.08 Å². The molecule has 0 aromatic heterocycles. The lowest BCUT2D eigenvalue weighted by Crippen LogP contribution is -2.64. The van der Waals surface area contributed by atoms with Crippen LogP contribution < -0.4 is 0 Å². The number of phosphoric acid groups is 1. The molecule has 0 heterocycles. The Labute approximate surface area is 406 Å². The summed E-state index contributed by atoms with van der Waals surface area (Å²) in [4.78, 5) is 35.7.